The lowest BCUT2D eigenvalue weighted by Crippen LogP contribution is -2.51. The van der Waals surface area contributed by atoms with Crippen molar-refractivity contribution in [3.63, 3.8) is 0 Å². The van der Waals surface area contributed by atoms with Gasteiger partial charge in [0.25, 0.3) is 10.9 Å². The van der Waals surface area contributed by atoms with Crippen molar-refractivity contribution in [2.75, 3.05) is 42.6 Å². The molecule has 0 unspecified atom stereocenters. The summed E-state index contributed by atoms with van der Waals surface area (Å²) in [5.74, 6) is -0.0769. The minimum atomic E-state index is -0.548. The van der Waals surface area contributed by atoms with Crippen LogP contribution in [0.3, 0.4) is 0 Å². The van der Waals surface area contributed by atoms with Crippen molar-refractivity contribution >= 4 is 11.4 Å². The molecule has 1 saturated heterocycles. The number of rotatable bonds is 4. The Bertz CT molecular complexity index is 744. The van der Waals surface area contributed by atoms with Crippen molar-refractivity contribution in [1.82, 2.24) is 0 Å². The molecule has 0 spiro atoms. The Kier molecular flexibility index (Phi) is 3.83. The molecule has 0 atom stereocenters. The Labute approximate surface area is 127 Å². The third kappa shape index (κ3) is 2.34. The number of halogens is 1. The Morgan fingerprint density at radius 2 is 1.68 bits per heavy atom. The van der Waals surface area contributed by atoms with Gasteiger partial charge in [-0.25, -0.2) is 4.39 Å². The van der Waals surface area contributed by atoms with Crippen LogP contribution in [0, 0.1) is 5.82 Å². The molecule has 3 rings (SSSR count). The second-order valence-corrected chi connectivity index (χ2v) is 5.19. The lowest BCUT2D eigenvalue weighted by molar-refractivity contribution is 0.332. The second kappa shape index (κ2) is 5.79. The largest absolute Gasteiger partial charge is 0.488 e. The summed E-state index contributed by atoms with van der Waals surface area (Å²) in [5.41, 5.74) is -0.0895. The van der Waals surface area contributed by atoms with Gasteiger partial charge in [0.15, 0.2) is 5.75 Å². The van der Waals surface area contributed by atoms with E-state index in [0.29, 0.717) is 44.2 Å². The van der Waals surface area contributed by atoms with Crippen molar-refractivity contribution in [3.05, 3.63) is 50.5 Å². The summed E-state index contributed by atoms with van der Waals surface area (Å²) < 4.78 is 19.1. The number of hydrogen-bond donors (Lipinski definition) is 0. The van der Waals surface area contributed by atoms with Crippen LogP contribution in [0.1, 0.15) is 6.92 Å². The summed E-state index contributed by atoms with van der Waals surface area (Å²) in [7, 11) is 0. The zero-order valence-electron chi connectivity index (χ0n) is 12.3. The Hall–Kier alpha value is -2.37. The van der Waals surface area contributed by atoms with Gasteiger partial charge in [-0.3, -0.25) is 9.59 Å². The number of anilines is 2. The molecule has 2 aromatic rings. The maximum Gasteiger partial charge on any atom is 0.272 e. The number of para-hydroxylation sites is 1. The molecular formula is C16H17FN2O3. The van der Waals surface area contributed by atoms with Gasteiger partial charge in [0.2, 0.25) is 0 Å². The van der Waals surface area contributed by atoms with Gasteiger partial charge in [-0.05, 0) is 19.1 Å². The molecule has 6 heteroatoms. The van der Waals surface area contributed by atoms with Gasteiger partial charge < -0.3 is 14.5 Å². The van der Waals surface area contributed by atoms with E-state index in [-0.39, 0.29) is 11.6 Å². The Morgan fingerprint density at radius 1 is 1.05 bits per heavy atom. The Morgan fingerprint density at radius 3 is 2.32 bits per heavy atom. The molecular weight excluding hydrogens is 287 g/mol. The average molecular weight is 304 g/mol. The lowest BCUT2D eigenvalue weighted by Gasteiger charge is -2.37. The smallest absolute Gasteiger partial charge is 0.272 e. The molecule has 0 radical (unpaired) electrons. The molecule has 1 heterocycles. The monoisotopic (exact) mass is 304 g/mol. The van der Waals surface area contributed by atoms with Crippen LogP contribution in [0.15, 0.2) is 33.9 Å². The molecule has 0 bridgehead atoms. The van der Waals surface area contributed by atoms with E-state index < -0.39 is 10.9 Å². The molecule has 0 amide bonds. The number of piperazine rings is 1. The van der Waals surface area contributed by atoms with Crippen LogP contribution >= 0.6 is 0 Å². The molecule has 0 saturated carbocycles. The van der Waals surface area contributed by atoms with Gasteiger partial charge in [-0.2, -0.15) is 0 Å². The first-order chi connectivity index (χ1) is 10.6. The number of benzene rings is 1. The standard InChI is InChI=1S/C16H17FN2O3/c1-2-22-16-13(14(20)15(16)21)19-9-7-18(8-10-19)12-6-4-3-5-11(12)17/h3-6H,2,7-10H2,1H3. The summed E-state index contributed by atoms with van der Waals surface area (Å²) in [5, 5.41) is 0. The maximum absolute atomic E-state index is 13.8. The van der Waals surface area contributed by atoms with Gasteiger partial charge in [-0.15, -0.1) is 0 Å². The highest BCUT2D eigenvalue weighted by molar-refractivity contribution is 5.64. The van der Waals surface area contributed by atoms with Crippen molar-refractivity contribution in [2.45, 2.75) is 6.92 Å². The van der Waals surface area contributed by atoms with E-state index in [4.69, 9.17) is 4.74 Å². The average Bonchev–Trinajstić information content (AvgIpc) is 2.55. The van der Waals surface area contributed by atoms with Gasteiger partial charge in [0.1, 0.15) is 11.5 Å². The number of hydrogen-bond acceptors (Lipinski definition) is 5. The molecule has 1 aliphatic rings. The topological polar surface area (TPSA) is 49.9 Å². The predicted octanol–water partition coefficient (Wildman–Crippen LogP) is 1.15. The summed E-state index contributed by atoms with van der Waals surface area (Å²) in [6, 6.07) is 6.64. The number of ether oxygens (including phenoxy) is 1. The highest BCUT2D eigenvalue weighted by Crippen LogP contribution is 2.26. The van der Waals surface area contributed by atoms with Crippen LogP contribution in [0.2, 0.25) is 0 Å². The van der Waals surface area contributed by atoms with Crippen molar-refractivity contribution in [1.29, 1.82) is 0 Å². The van der Waals surface area contributed by atoms with Crippen LogP contribution < -0.4 is 25.4 Å². The molecule has 2 aromatic carbocycles. The molecule has 1 aliphatic heterocycles. The summed E-state index contributed by atoms with van der Waals surface area (Å²) in [4.78, 5) is 27.1. The quantitative estimate of drug-likeness (QED) is 0.793. The van der Waals surface area contributed by atoms with E-state index in [0.717, 1.165) is 0 Å². The van der Waals surface area contributed by atoms with Crippen LogP contribution in [-0.2, 0) is 0 Å². The second-order valence-electron chi connectivity index (χ2n) is 5.19. The van der Waals surface area contributed by atoms with Crippen LogP contribution in [0.4, 0.5) is 15.8 Å². The van der Waals surface area contributed by atoms with Crippen molar-refractivity contribution in [3.8, 4) is 5.75 Å². The first-order valence-electron chi connectivity index (χ1n) is 7.34. The third-order valence-electron chi connectivity index (χ3n) is 3.92. The first kappa shape index (κ1) is 14.6. The highest BCUT2D eigenvalue weighted by Gasteiger charge is 2.30. The van der Waals surface area contributed by atoms with E-state index in [2.05, 4.69) is 0 Å². The molecule has 1 fully saturated rings. The normalized spacial score (nSPS) is 15.4. The fraction of sp³-hybridized carbons (Fsp3) is 0.375. The molecule has 5 nitrogen and oxygen atoms in total. The summed E-state index contributed by atoms with van der Waals surface area (Å²) in [6.07, 6.45) is 0. The Balaban J connectivity index is 1.73. The molecule has 0 aromatic heterocycles. The molecule has 116 valence electrons. The van der Waals surface area contributed by atoms with E-state index in [1.807, 2.05) is 9.80 Å². The van der Waals surface area contributed by atoms with Crippen molar-refractivity contribution < 1.29 is 9.13 Å². The first-order valence-corrected chi connectivity index (χ1v) is 7.34. The highest BCUT2D eigenvalue weighted by atomic mass is 19.1. The van der Waals surface area contributed by atoms with Crippen molar-refractivity contribution in [2.24, 2.45) is 0 Å². The minimum absolute atomic E-state index is 0.173. The van der Waals surface area contributed by atoms with Crippen LogP contribution in [0.25, 0.3) is 0 Å². The van der Waals surface area contributed by atoms with E-state index >= 15 is 0 Å². The van der Waals surface area contributed by atoms with Gasteiger partial charge in [0, 0.05) is 26.2 Å². The van der Waals surface area contributed by atoms with Gasteiger partial charge in [0.05, 0.1) is 12.3 Å². The van der Waals surface area contributed by atoms with Crippen LogP contribution in [0.5, 0.6) is 5.75 Å². The fourth-order valence-electron chi connectivity index (χ4n) is 2.80. The number of nitrogens with zero attached hydrogens (tertiary/aromatic N) is 2. The maximum atomic E-state index is 13.8. The summed E-state index contributed by atoms with van der Waals surface area (Å²) in [6.45, 7) is 4.42. The van der Waals surface area contributed by atoms with Crippen LogP contribution in [-0.4, -0.2) is 32.8 Å². The van der Waals surface area contributed by atoms with E-state index in [1.165, 1.54) is 6.07 Å². The van der Waals surface area contributed by atoms with E-state index in [1.54, 1.807) is 25.1 Å². The zero-order chi connectivity index (χ0) is 15.7. The third-order valence-corrected chi connectivity index (χ3v) is 3.92. The fourth-order valence-corrected chi connectivity index (χ4v) is 2.80. The predicted molar refractivity (Wildman–Crippen MR) is 83.3 cm³/mol. The molecule has 0 aliphatic carbocycles. The molecule has 0 N–H and O–H groups in total. The molecule has 22 heavy (non-hydrogen) atoms. The zero-order valence-corrected chi connectivity index (χ0v) is 12.3. The SMILES string of the molecule is CCOc1c(N2CCN(c3ccccc3F)CC2)c(=O)c1=O. The van der Waals surface area contributed by atoms with Gasteiger partial charge in [-0.1, -0.05) is 12.1 Å². The lowest BCUT2D eigenvalue weighted by atomic mass is 10.1. The van der Waals surface area contributed by atoms with Gasteiger partial charge >= 0.3 is 0 Å². The summed E-state index contributed by atoms with van der Waals surface area (Å²) >= 11 is 0. The minimum Gasteiger partial charge on any atom is -0.488 e. The van der Waals surface area contributed by atoms with E-state index in [9.17, 15) is 14.0 Å².